The van der Waals surface area contributed by atoms with E-state index in [4.69, 9.17) is 9.47 Å². The maximum atomic E-state index is 12.1. The summed E-state index contributed by atoms with van der Waals surface area (Å²) in [4.78, 5) is 35.6. The van der Waals surface area contributed by atoms with Gasteiger partial charge in [-0.05, 0) is 29.9 Å². The van der Waals surface area contributed by atoms with E-state index < -0.39 is 59.6 Å². The first-order valence-electron chi connectivity index (χ1n) is 10.7. The molecule has 186 valence electrons. The molecular formula is C23H28O11. The number of rotatable bonds is 10. The minimum Gasteiger partial charge on any atom is -0.481 e. The molecule has 3 rings (SSSR count). The Morgan fingerprint density at radius 2 is 1.68 bits per heavy atom. The van der Waals surface area contributed by atoms with Crippen LogP contribution in [0.4, 0.5) is 0 Å². The van der Waals surface area contributed by atoms with Gasteiger partial charge >= 0.3 is 17.9 Å². The summed E-state index contributed by atoms with van der Waals surface area (Å²) in [5.41, 5.74) is -1.68. The summed E-state index contributed by atoms with van der Waals surface area (Å²) in [6.07, 6.45) is -7.52. The Morgan fingerprint density at radius 1 is 1.06 bits per heavy atom. The number of aliphatic carboxylic acids is 3. The maximum Gasteiger partial charge on any atom is 0.340 e. The summed E-state index contributed by atoms with van der Waals surface area (Å²) in [5.74, 6) is -10.5. The van der Waals surface area contributed by atoms with Crippen LogP contribution in [0, 0.1) is 11.8 Å². The number of benzene rings is 1. The zero-order chi connectivity index (χ0) is 25.4. The minimum absolute atomic E-state index is 0.0934. The molecule has 6 N–H and O–H groups in total. The minimum atomic E-state index is -2.95. The molecule has 2 bridgehead atoms. The summed E-state index contributed by atoms with van der Waals surface area (Å²) < 4.78 is 10.8. The highest BCUT2D eigenvalue weighted by molar-refractivity contribution is 5.92. The van der Waals surface area contributed by atoms with Gasteiger partial charge in [0.1, 0.15) is 18.1 Å². The Hall–Kier alpha value is -2.83. The number of hydrogen-bond donors (Lipinski definition) is 6. The monoisotopic (exact) mass is 480 g/mol. The van der Waals surface area contributed by atoms with Gasteiger partial charge in [0.05, 0.1) is 6.10 Å². The fraction of sp³-hybridized carbons (Fsp3) is 0.522. The molecule has 2 aliphatic rings. The van der Waals surface area contributed by atoms with E-state index in [0.29, 0.717) is 6.42 Å². The van der Waals surface area contributed by atoms with Gasteiger partial charge in [-0.2, -0.15) is 0 Å². The van der Waals surface area contributed by atoms with Crippen LogP contribution in [-0.2, 0) is 30.3 Å². The number of carboxylic acid groups (broad SMARTS) is 3. The Kier molecular flexibility index (Phi) is 7.15. The number of aliphatic hydroxyl groups excluding tert-OH is 3. The third kappa shape index (κ3) is 4.21. The van der Waals surface area contributed by atoms with Gasteiger partial charge < -0.3 is 40.1 Å². The first-order valence-corrected chi connectivity index (χ1v) is 10.7. The molecule has 0 saturated carbocycles. The smallest absolute Gasteiger partial charge is 0.340 e. The lowest BCUT2D eigenvalue weighted by molar-refractivity contribution is -0.342. The molecule has 11 nitrogen and oxygen atoms in total. The van der Waals surface area contributed by atoms with E-state index >= 15 is 0 Å². The van der Waals surface area contributed by atoms with Gasteiger partial charge in [-0.15, -0.1) is 0 Å². The molecule has 0 aliphatic carbocycles. The van der Waals surface area contributed by atoms with Crippen molar-refractivity contribution >= 4 is 17.9 Å². The third-order valence-electron chi connectivity index (χ3n) is 6.62. The van der Waals surface area contributed by atoms with Crippen molar-refractivity contribution in [1.29, 1.82) is 0 Å². The van der Waals surface area contributed by atoms with Gasteiger partial charge in [-0.1, -0.05) is 43.8 Å². The lowest BCUT2D eigenvalue weighted by atomic mass is 9.79. The average molecular weight is 480 g/mol. The summed E-state index contributed by atoms with van der Waals surface area (Å²) in [6.45, 7) is 5.64. The van der Waals surface area contributed by atoms with E-state index in [1.54, 1.807) is 6.92 Å². The van der Waals surface area contributed by atoms with Crippen molar-refractivity contribution in [2.75, 3.05) is 0 Å². The maximum absolute atomic E-state index is 12.1. The quantitative estimate of drug-likeness (QED) is 0.247. The Balaban J connectivity index is 1.82. The molecule has 0 radical (unpaired) electrons. The zero-order valence-electron chi connectivity index (χ0n) is 18.4. The first kappa shape index (κ1) is 25.8. The van der Waals surface area contributed by atoms with Crippen molar-refractivity contribution in [3.05, 3.63) is 48.0 Å². The lowest BCUT2D eigenvalue weighted by Crippen LogP contribution is -2.65. The van der Waals surface area contributed by atoms with Crippen LogP contribution in [0.25, 0.3) is 0 Å². The molecule has 8 unspecified atom stereocenters. The molecule has 2 fully saturated rings. The van der Waals surface area contributed by atoms with Crippen molar-refractivity contribution < 1.29 is 54.5 Å². The van der Waals surface area contributed by atoms with E-state index in [9.17, 15) is 45.0 Å². The fourth-order valence-corrected chi connectivity index (χ4v) is 4.78. The second-order valence-corrected chi connectivity index (χ2v) is 8.86. The van der Waals surface area contributed by atoms with Crippen LogP contribution in [0.5, 0.6) is 0 Å². The molecule has 2 saturated heterocycles. The van der Waals surface area contributed by atoms with Crippen molar-refractivity contribution in [1.82, 2.24) is 0 Å². The molecule has 11 heteroatoms. The highest BCUT2D eigenvalue weighted by Crippen LogP contribution is 2.53. The third-order valence-corrected chi connectivity index (χ3v) is 6.62. The van der Waals surface area contributed by atoms with Crippen LogP contribution >= 0.6 is 0 Å². The summed E-state index contributed by atoms with van der Waals surface area (Å²) in [5, 5.41) is 60.7. The lowest BCUT2D eigenvalue weighted by Gasteiger charge is -2.44. The van der Waals surface area contributed by atoms with E-state index in [1.165, 1.54) is 0 Å². The van der Waals surface area contributed by atoms with Gasteiger partial charge in [0.25, 0.3) is 0 Å². The fourth-order valence-electron chi connectivity index (χ4n) is 4.78. The SMILES string of the molecule is C=C(CCC12OC(C(=O)O)C(C(=O)O)C(C(=O)O)(O1)C(O)C2O)C(O)C(C)Cc1ccccc1. The molecule has 1 aromatic rings. The van der Waals surface area contributed by atoms with Gasteiger partial charge in [-0.3, -0.25) is 4.79 Å². The van der Waals surface area contributed by atoms with Crippen LogP contribution in [0.3, 0.4) is 0 Å². The number of aliphatic hydroxyl groups is 3. The van der Waals surface area contributed by atoms with Crippen LogP contribution in [0.1, 0.15) is 25.3 Å². The zero-order valence-corrected chi connectivity index (χ0v) is 18.4. The summed E-state index contributed by atoms with van der Waals surface area (Å²) >= 11 is 0. The van der Waals surface area contributed by atoms with Crippen LogP contribution in [0.2, 0.25) is 0 Å². The van der Waals surface area contributed by atoms with Gasteiger partial charge in [0.15, 0.2) is 11.9 Å². The largest absolute Gasteiger partial charge is 0.481 e. The molecule has 1 aromatic carbocycles. The number of hydrogen-bond acceptors (Lipinski definition) is 8. The van der Waals surface area contributed by atoms with Crippen LogP contribution in [-0.4, -0.2) is 84.4 Å². The Morgan fingerprint density at radius 3 is 2.21 bits per heavy atom. The predicted molar refractivity (Wildman–Crippen MR) is 114 cm³/mol. The Labute approximate surface area is 194 Å². The highest BCUT2D eigenvalue weighted by Gasteiger charge is 2.77. The van der Waals surface area contributed by atoms with Crippen LogP contribution < -0.4 is 0 Å². The van der Waals surface area contributed by atoms with E-state index in [0.717, 1.165) is 5.56 Å². The predicted octanol–water partition coefficient (Wildman–Crippen LogP) is 0.0184. The van der Waals surface area contributed by atoms with Crippen molar-refractivity contribution in [3.63, 3.8) is 0 Å². The molecule has 34 heavy (non-hydrogen) atoms. The topological polar surface area (TPSA) is 191 Å². The summed E-state index contributed by atoms with van der Waals surface area (Å²) in [7, 11) is 0. The number of fused-ring (bicyclic) bond motifs is 2. The van der Waals surface area contributed by atoms with Crippen molar-refractivity contribution in [3.8, 4) is 0 Å². The second kappa shape index (κ2) is 9.43. The van der Waals surface area contributed by atoms with Crippen molar-refractivity contribution in [2.45, 2.75) is 62.0 Å². The van der Waals surface area contributed by atoms with Crippen LogP contribution in [0.15, 0.2) is 42.5 Å². The molecule has 0 aromatic heterocycles. The van der Waals surface area contributed by atoms with E-state index in [2.05, 4.69) is 6.58 Å². The molecular weight excluding hydrogens is 452 g/mol. The average Bonchev–Trinajstić information content (AvgIpc) is 2.96. The number of carboxylic acids is 3. The number of ether oxygens (including phenoxy) is 2. The Bertz CT molecular complexity index is 963. The van der Waals surface area contributed by atoms with Gasteiger partial charge in [0, 0.05) is 6.42 Å². The second-order valence-electron chi connectivity index (χ2n) is 8.86. The molecule has 0 spiro atoms. The standard InChI is InChI=1S/C23H28O11/c1-11(15(24)12(2)10-13-6-4-3-5-7-13)8-9-22-17(25)18(26)23(34-22,21(31)32)14(19(27)28)16(33-22)20(29)30/h3-7,12,14-18,24-26H,1,8-10H2,2H3,(H,27,28)(H,29,30)(H,31,32). The van der Waals surface area contributed by atoms with Gasteiger partial charge in [-0.25, -0.2) is 9.59 Å². The highest BCUT2D eigenvalue weighted by atomic mass is 16.8. The normalized spacial score (nSPS) is 34.2. The van der Waals surface area contributed by atoms with E-state index in [-0.39, 0.29) is 24.3 Å². The first-order chi connectivity index (χ1) is 15.9. The van der Waals surface area contributed by atoms with E-state index in [1.807, 2.05) is 30.3 Å². The molecule has 2 aliphatic heterocycles. The number of carbonyl (C=O) groups is 3. The molecule has 0 amide bonds. The molecule has 8 atom stereocenters. The molecule has 2 heterocycles. The summed E-state index contributed by atoms with van der Waals surface area (Å²) in [6, 6.07) is 9.41. The van der Waals surface area contributed by atoms with Gasteiger partial charge in [0.2, 0.25) is 5.60 Å². The van der Waals surface area contributed by atoms with Crippen molar-refractivity contribution in [2.24, 2.45) is 11.8 Å².